The van der Waals surface area contributed by atoms with Crippen LogP contribution in [0.15, 0.2) is 42.5 Å². The number of carbonyl (C=O) groups excluding carboxylic acids is 2. The molecule has 3 aromatic rings. The van der Waals surface area contributed by atoms with Crippen LogP contribution in [0.5, 0.6) is 11.5 Å². The molecular formula is C20H20N2O5S. The van der Waals surface area contributed by atoms with E-state index in [-0.39, 0.29) is 5.56 Å². The highest BCUT2D eigenvalue weighted by Gasteiger charge is 2.15. The number of anilines is 1. The van der Waals surface area contributed by atoms with E-state index in [1.54, 1.807) is 18.2 Å². The van der Waals surface area contributed by atoms with E-state index in [2.05, 4.69) is 10.3 Å². The summed E-state index contributed by atoms with van der Waals surface area (Å²) in [5.41, 5.74) is 1.08. The molecule has 146 valence electrons. The number of nitrogens with one attached hydrogen (secondary N) is 1. The van der Waals surface area contributed by atoms with Crippen LogP contribution < -0.4 is 14.8 Å². The zero-order valence-electron chi connectivity index (χ0n) is 15.6. The van der Waals surface area contributed by atoms with Crippen molar-refractivity contribution in [2.75, 3.05) is 25.1 Å². The first-order chi connectivity index (χ1) is 13.6. The fourth-order valence-corrected chi connectivity index (χ4v) is 3.36. The van der Waals surface area contributed by atoms with E-state index in [9.17, 15) is 9.59 Å². The molecule has 0 spiro atoms. The summed E-state index contributed by atoms with van der Waals surface area (Å²) in [6, 6.07) is 12.3. The summed E-state index contributed by atoms with van der Waals surface area (Å²) in [5.74, 6) is -0.0703. The third-order valence-corrected chi connectivity index (χ3v) is 4.61. The Morgan fingerprint density at radius 2 is 1.79 bits per heavy atom. The van der Waals surface area contributed by atoms with Gasteiger partial charge >= 0.3 is 5.97 Å². The van der Waals surface area contributed by atoms with Gasteiger partial charge in [0.2, 0.25) is 0 Å². The summed E-state index contributed by atoms with van der Waals surface area (Å²) in [6.45, 7) is 4.21. The van der Waals surface area contributed by atoms with E-state index in [4.69, 9.17) is 14.2 Å². The zero-order chi connectivity index (χ0) is 19.9. The maximum atomic E-state index is 12.3. The van der Waals surface area contributed by atoms with Gasteiger partial charge in [0.05, 0.1) is 29.0 Å². The van der Waals surface area contributed by atoms with Crippen molar-refractivity contribution < 1.29 is 23.8 Å². The number of carbonyl (C=O) groups is 2. The Kier molecular flexibility index (Phi) is 6.44. The largest absolute Gasteiger partial charge is 0.490 e. The number of amides is 1. The number of fused-ring (bicyclic) bond motifs is 1. The molecule has 3 rings (SSSR count). The van der Waals surface area contributed by atoms with E-state index in [0.717, 1.165) is 10.2 Å². The Bertz CT molecular complexity index is 953. The third kappa shape index (κ3) is 4.77. The second-order valence-electron chi connectivity index (χ2n) is 5.64. The topological polar surface area (TPSA) is 86.8 Å². The molecule has 0 saturated heterocycles. The van der Waals surface area contributed by atoms with Crippen molar-refractivity contribution in [2.24, 2.45) is 0 Å². The van der Waals surface area contributed by atoms with Gasteiger partial charge < -0.3 is 14.2 Å². The lowest BCUT2D eigenvalue weighted by Crippen LogP contribution is -2.20. The van der Waals surface area contributed by atoms with Crippen molar-refractivity contribution in [3.63, 3.8) is 0 Å². The molecule has 7 nitrogen and oxygen atoms in total. The highest BCUT2D eigenvalue weighted by atomic mass is 32.1. The van der Waals surface area contributed by atoms with Crippen LogP contribution in [0, 0.1) is 0 Å². The Balaban J connectivity index is 1.59. The van der Waals surface area contributed by atoms with E-state index >= 15 is 0 Å². The Morgan fingerprint density at radius 3 is 2.54 bits per heavy atom. The number of aromatic nitrogens is 1. The van der Waals surface area contributed by atoms with Crippen LogP contribution >= 0.6 is 11.3 Å². The molecule has 1 heterocycles. The van der Waals surface area contributed by atoms with Gasteiger partial charge in [-0.05, 0) is 44.2 Å². The quantitative estimate of drug-likeness (QED) is 0.577. The van der Waals surface area contributed by atoms with Crippen LogP contribution in [0.2, 0.25) is 0 Å². The highest BCUT2D eigenvalue weighted by molar-refractivity contribution is 7.22. The van der Waals surface area contributed by atoms with Gasteiger partial charge in [0, 0.05) is 0 Å². The summed E-state index contributed by atoms with van der Waals surface area (Å²) in [6.07, 6.45) is 0. The number of esters is 1. The van der Waals surface area contributed by atoms with Gasteiger partial charge in [-0.25, -0.2) is 9.78 Å². The van der Waals surface area contributed by atoms with E-state index < -0.39 is 18.5 Å². The van der Waals surface area contributed by atoms with Gasteiger partial charge in [-0.15, -0.1) is 0 Å². The number of hydrogen-bond acceptors (Lipinski definition) is 7. The predicted molar refractivity (Wildman–Crippen MR) is 107 cm³/mol. The van der Waals surface area contributed by atoms with Crippen LogP contribution in [0.4, 0.5) is 5.13 Å². The number of benzene rings is 2. The summed E-state index contributed by atoms with van der Waals surface area (Å²) >= 11 is 1.36. The van der Waals surface area contributed by atoms with E-state index in [1.165, 1.54) is 11.3 Å². The fraction of sp³-hybridized carbons (Fsp3) is 0.250. The first-order valence-electron chi connectivity index (χ1n) is 8.83. The van der Waals surface area contributed by atoms with Gasteiger partial charge in [0.1, 0.15) is 0 Å². The Labute approximate surface area is 166 Å². The molecule has 1 aromatic heterocycles. The summed E-state index contributed by atoms with van der Waals surface area (Å²) in [4.78, 5) is 28.6. The normalized spacial score (nSPS) is 10.5. The monoisotopic (exact) mass is 400 g/mol. The second-order valence-corrected chi connectivity index (χ2v) is 6.67. The van der Waals surface area contributed by atoms with Crippen molar-refractivity contribution in [3.05, 3.63) is 48.0 Å². The smallest absolute Gasteiger partial charge is 0.338 e. The number of hydrogen-bond donors (Lipinski definition) is 1. The van der Waals surface area contributed by atoms with Gasteiger partial charge in [-0.1, -0.05) is 23.5 Å². The summed E-state index contributed by atoms with van der Waals surface area (Å²) < 4.78 is 17.0. The Morgan fingerprint density at radius 1 is 1.04 bits per heavy atom. The minimum atomic E-state index is -0.622. The highest BCUT2D eigenvalue weighted by Crippen LogP contribution is 2.29. The van der Waals surface area contributed by atoms with Crippen LogP contribution in [-0.4, -0.2) is 36.7 Å². The van der Waals surface area contributed by atoms with Crippen LogP contribution in [0.3, 0.4) is 0 Å². The van der Waals surface area contributed by atoms with Crippen molar-refractivity contribution in [1.82, 2.24) is 4.98 Å². The molecule has 0 radical (unpaired) electrons. The summed E-state index contributed by atoms with van der Waals surface area (Å²) in [7, 11) is 0. The second kappa shape index (κ2) is 9.18. The minimum Gasteiger partial charge on any atom is -0.490 e. The lowest BCUT2D eigenvalue weighted by molar-refractivity contribution is -0.119. The molecule has 1 N–H and O–H groups in total. The molecular weight excluding hydrogens is 380 g/mol. The molecule has 0 saturated carbocycles. The molecule has 0 fully saturated rings. The molecule has 2 aromatic carbocycles. The molecule has 0 atom stereocenters. The average Bonchev–Trinajstić information content (AvgIpc) is 3.10. The molecule has 28 heavy (non-hydrogen) atoms. The molecule has 0 aliphatic carbocycles. The first kappa shape index (κ1) is 19.6. The van der Waals surface area contributed by atoms with Crippen molar-refractivity contribution in [3.8, 4) is 11.5 Å². The van der Waals surface area contributed by atoms with Gasteiger partial charge in [-0.2, -0.15) is 0 Å². The van der Waals surface area contributed by atoms with Crippen molar-refractivity contribution in [2.45, 2.75) is 13.8 Å². The number of ether oxygens (including phenoxy) is 3. The number of para-hydroxylation sites is 1. The van der Waals surface area contributed by atoms with Gasteiger partial charge in [0.15, 0.2) is 23.2 Å². The van der Waals surface area contributed by atoms with Crippen LogP contribution in [-0.2, 0) is 9.53 Å². The van der Waals surface area contributed by atoms with Crippen LogP contribution in [0.25, 0.3) is 10.2 Å². The minimum absolute atomic E-state index is 0.277. The van der Waals surface area contributed by atoms with E-state index in [1.807, 2.05) is 38.1 Å². The number of rotatable bonds is 8. The number of thiazole rings is 1. The van der Waals surface area contributed by atoms with E-state index in [0.29, 0.717) is 29.8 Å². The average molecular weight is 400 g/mol. The van der Waals surface area contributed by atoms with Crippen LogP contribution in [0.1, 0.15) is 24.2 Å². The molecule has 0 aliphatic rings. The molecule has 1 amide bonds. The maximum absolute atomic E-state index is 12.3. The standard InChI is InChI=1S/C20H20N2O5S/c1-3-25-15-10-9-13(11-16(15)26-4-2)19(24)27-12-18(23)22-20-21-14-7-5-6-8-17(14)28-20/h5-11H,3-4,12H2,1-2H3,(H,21,22,23). The molecule has 0 bridgehead atoms. The molecule has 0 unspecified atom stereocenters. The summed E-state index contributed by atoms with van der Waals surface area (Å²) in [5, 5.41) is 3.10. The van der Waals surface area contributed by atoms with Crippen molar-refractivity contribution in [1.29, 1.82) is 0 Å². The lowest BCUT2D eigenvalue weighted by atomic mass is 10.2. The molecule has 0 aliphatic heterocycles. The zero-order valence-corrected chi connectivity index (χ0v) is 16.4. The number of nitrogens with zero attached hydrogens (tertiary/aromatic N) is 1. The SMILES string of the molecule is CCOc1ccc(C(=O)OCC(=O)Nc2nc3ccccc3s2)cc1OCC. The third-order valence-electron chi connectivity index (χ3n) is 3.65. The first-order valence-corrected chi connectivity index (χ1v) is 9.64. The van der Waals surface area contributed by atoms with Gasteiger partial charge in [0.25, 0.3) is 5.91 Å². The predicted octanol–water partition coefficient (Wildman–Crippen LogP) is 3.89. The van der Waals surface area contributed by atoms with Gasteiger partial charge in [-0.3, -0.25) is 10.1 Å². The lowest BCUT2D eigenvalue weighted by Gasteiger charge is -2.12. The van der Waals surface area contributed by atoms with Crippen molar-refractivity contribution >= 4 is 38.6 Å². The fourth-order valence-electron chi connectivity index (χ4n) is 2.47. The Hall–Kier alpha value is -3.13. The maximum Gasteiger partial charge on any atom is 0.338 e. The molecule has 8 heteroatoms.